The van der Waals surface area contributed by atoms with Gasteiger partial charge in [-0.05, 0) is 48.2 Å². The van der Waals surface area contributed by atoms with Crippen LogP contribution < -0.4 is 4.72 Å². The van der Waals surface area contributed by atoms with Gasteiger partial charge in [0.15, 0.2) is 11.5 Å². The normalized spacial score (nSPS) is 12.9. The van der Waals surface area contributed by atoms with E-state index in [1.165, 1.54) is 12.1 Å². The highest BCUT2D eigenvalue weighted by atomic mass is 32.2. The standard InChI is InChI=1S/C20H18N2O3S/c1-4-19(23)17-10-9-16-18(11-8-13(2)20(16)17)22-26(24,25)15-7-5-6-14(12-15)21-3/h5-8,10-12,22H,4,9H2,1-2H3. The fraction of sp³-hybridized carbons (Fsp3) is 0.200. The molecule has 0 bridgehead atoms. The quantitative estimate of drug-likeness (QED) is 0.804. The van der Waals surface area contributed by atoms with Gasteiger partial charge in [0.2, 0.25) is 0 Å². The second kappa shape index (κ2) is 6.77. The third-order valence-electron chi connectivity index (χ3n) is 4.42. The van der Waals surface area contributed by atoms with E-state index >= 15 is 0 Å². The average Bonchev–Trinajstić information content (AvgIpc) is 3.09. The number of hydrogen-bond acceptors (Lipinski definition) is 3. The molecule has 1 aliphatic rings. The van der Waals surface area contributed by atoms with Gasteiger partial charge in [0.25, 0.3) is 10.0 Å². The van der Waals surface area contributed by atoms with Crippen molar-refractivity contribution < 1.29 is 13.2 Å². The molecule has 0 fully saturated rings. The lowest BCUT2D eigenvalue weighted by molar-refractivity contribution is -0.113. The molecule has 0 aromatic heterocycles. The van der Waals surface area contributed by atoms with Crippen LogP contribution in [0, 0.1) is 13.5 Å². The van der Waals surface area contributed by atoms with E-state index in [4.69, 9.17) is 6.57 Å². The molecule has 1 N–H and O–H groups in total. The maximum atomic E-state index is 12.7. The van der Waals surface area contributed by atoms with Crippen LogP contribution in [-0.2, 0) is 21.2 Å². The first-order valence-corrected chi connectivity index (χ1v) is 9.72. The van der Waals surface area contributed by atoms with Crippen LogP contribution in [0.25, 0.3) is 10.4 Å². The predicted molar refractivity (Wildman–Crippen MR) is 102 cm³/mol. The van der Waals surface area contributed by atoms with Crippen molar-refractivity contribution in [3.05, 3.63) is 70.6 Å². The summed E-state index contributed by atoms with van der Waals surface area (Å²) in [6.07, 6.45) is 2.78. The van der Waals surface area contributed by atoms with Crippen molar-refractivity contribution in [1.29, 1.82) is 0 Å². The van der Waals surface area contributed by atoms with Gasteiger partial charge in [-0.25, -0.2) is 13.3 Å². The number of anilines is 1. The number of sulfonamides is 1. The lowest BCUT2D eigenvalue weighted by Gasteiger charge is -2.15. The third kappa shape index (κ3) is 3.14. The summed E-state index contributed by atoms with van der Waals surface area (Å²) in [5.41, 5.74) is 3.98. The van der Waals surface area contributed by atoms with Crippen LogP contribution >= 0.6 is 0 Å². The summed E-state index contributed by atoms with van der Waals surface area (Å²) < 4.78 is 28.1. The van der Waals surface area contributed by atoms with Crippen molar-refractivity contribution in [3.63, 3.8) is 0 Å². The van der Waals surface area contributed by atoms with Crippen LogP contribution in [0.15, 0.2) is 47.4 Å². The van der Waals surface area contributed by atoms with Crippen molar-refractivity contribution in [2.45, 2.75) is 31.6 Å². The van der Waals surface area contributed by atoms with Crippen LogP contribution in [0.2, 0.25) is 0 Å². The number of aryl methyl sites for hydroxylation is 1. The van der Waals surface area contributed by atoms with Crippen molar-refractivity contribution in [2.24, 2.45) is 0 Å². The largest absolute Gasteiger partial charge is 0.294 e. The summed E-state index contributed by atoms with van der Waals surface area (Å²) >= 11 is 0. The summed E-state index contributed by atoms with van der Waals surface area (Å²) in [6, 6.07) is 9.43. The van der Waals surface area contributed by atoms with Crippen LogP contribution in [0.5, 0.6) is 0 Å². The number of carbonyl (C=O) groups excluding carboxylic acids is 1. The molecule has 0 spiro atoms. The first kappa shape index (κ1) is 17.9. The molecule has 0 amide bonds. The molecular formula is C20H18N2O3S. The highest BCUT2D eigenvalue weighted by Crippen LogP contribution is 2.37. The number of nitrogens with one attached hydrogen (secondary N) is 1. The Labute approximate surface area is 153 Å². The number of hydrogen-bond donors (Lipinski definition) is 1. The van der Waals surface area contributed by atoms with E-state index in [1.807, 2.05) is 26.0 Å². The van der Waals surface area contributed by atoms with Gasteiger partial charge in [-0.2, -0.15) is 0 Å². The minimum Gasteiger partial charge on any atom is -0.294 e. The number of allylic oxidation sites excluding steroid dienone is 2. The van der Waals surface area contributed by atoms with Crippen LogP contribution in [0.4, 0.5) is 11.4 Å². The van der Waals surface area contributed by atoms with Crippen LogP contribution in [0.1, 0.15) is 30.0 Å². The molecule has 2 aromatic rings. The van der Waals surface area contributed by atoms with Gasteiger partial charge in [-0.3, -0.25) is 9.52 Å². The Morgan fingerprint density at radius 2 is 2.04 bits per heavy atom. The first-order valence-electron chi connectivity index (χ1n) is 8.24. The number of Topliss-reactive ketones (excluding diaryl/α,β-unsaturated/α-hetero) is 1. The van der Waals surface area contributed by atoms with E-state index in [0.29, 0.717) is 24.1 Å². The Bertz CT molecular complexity index is 1080. The first-order chi connectivity index (χ1) is 12.4. The lowest BCUT2D eigenvalue weighted by Crippen LogP contribution is -2.14. The van der Waals surface area contributed by atoms with E-state index in [-0.39, 0.29) is 16.4 Å². The molecule has 3 rings (SSSR count). The van der Waals surface area contributed by atoms with E-state index in [9.17, 15) is 13.2 Å². The highest BCUT2D eigenvalue weighted by molar-refractivity contribution is 7.92. The smallest absolute Gasteiger partial charge is 0.260 e. The number of rotatable bonds is 5. The Morgan fingerprint density at radius 1 is 1.27 bits per heavy atom. The van der Waals surface area contributed by atoms with E-state index < -0.39 is 10.0 Å². The Balaban J connectivity index is 2.01. The molecule has 0 saturated carbocycles. The summed E-state index contributed by atoms with van der Waals surface area (Å²) in [4.78, 5) is 15.5. The average molecular weight is 366 g/mol. The second-order valence-corrected chi connectivity index (χ2v) is 7.78. The molecule has 0 atom stereocenters. The molecule has 6 heteroatoms. The number of nitrogens with zero attached hydrogens (tertiary/aromatic N) is 1. The lowest BCUT2D eigenvalue weighted by atomic mass is 9.95. The fourth-order valence-electron chi connectivity index (χ4n) is 3.12. The van der Waals surface area contributed by atoms with Gasteiger partial charge < -0.3 is 0 Å². The summed E-state index contributed by atoms with van der Waals surface area (Å²) in [6.45, 7) is 10.8. The molecular weight excluding hydrogens is 348 g/mol. The maximum absolute atomic E-state index is 12.7. The summed E-state index contributed by atoms with van der Waals surface area (Å²) in [7, 11) is -3.83. The van der Waals surface area contributed by atoms with Gasteiger partial charge in [-0.15, -0.1) is 0 Å². The Hall–Kier alpha value is -2.91. The molecule has 0 aliphatic heterocycles. The molecule has 2 aromatic carbocycles. The van der Waals surface area contributed by atoms with E-state index in [2.05, 4.69) is 9.57 Å². The minimum absolute atomic E-state index is 0.0381. The SMILES string of the molecule is [C-]#[N+]c1cccc(S(=O)(=O)Nc2ccc(C)c3c2CC=C3C(=O)CC)c1. The minimum atomic E-state index is -3.83. The summed E-state index contributed by atoms with van der Waals surface area (Å²) in [5, 5.41) is 0. The van der Waals surface area contributed by atoms with Gasteiger partial charge >= 0.3 is 0 Å². The third-order valence-corrected chi connectivity index (χ3v) is 5.79. The van der Waals surface area contributed by atoms with Gasteiger partial charge in [0.1, 0.15) is 0 Å². The molecule has 0 radical (unpaired) electrons. The highest BCUT2D eigenvalue weighted by Gasteiger charge is 2.25. The molecule has 26 heavy (non-hydrogen) atoms. The van der Waals surface area contributed by atoms with Crippen LogP contribution in [-0.4, -0.2) is 14.2 Å². The molecule has 0 saturated heterocycles. The van der Waals surface area contributed by atoms with Crippen molar-refractivity contribution >= 4 is 32.8 Å². The zero-order valence-corrected chi connectivity index (χ0v) is 15.4. The van der Waals surface area contributed by atoms with E-state index in [0.717, 1.165) is 16.7 Å². The molecule has 0 unspecified atom stereocenters. The van der Waals surface area contributed by atoms with Crippen molar-refractivity contribution in [2.75, 3.05) is 4.72 Å². The molecule has 132 valence electrons. The Kier molecular flexibility index (Phi) is 4.66. The second-order valence-electron chi connectivity index (χ2n) is 6.10. The topological polar surface area (TPSA) is 67.6 Å². The summed E-state index contributed by atoms with van der Waals surface area (Å²) in [5.74, 6) is 0.0524. The van der Waals surface area contributed by atoms with Gasteiger partial charge in [0.05, 0.1) is 17.2 Å². The van der Waals surface area contributed by atoms with Crippen molar-refractivity contribution in [1.82, 2.24) is 0 Å². The predicted octanol–water partition coefficient (Wildman–Crippen LogP) is 4.27. The molecule has 1 aliphatic carbocycles. The zero-order valence-electron chi connectivity index (χ0n) is 14.5. The number of benzene rings is 2. The molecule has 0 heterocycles. The van der Waals surface area contributed by atoms with Gasteiger partial charge in [-0.1, -0.05) is 31.2 Å². The van der Waals surface area contributed by atoms with Crippen LogP contribution in [0.3, 0.4) is 0 Å². The zero-order chi connectivity index (χ0) is 18.9. The number of ketones is 1. The van der Waals surface area contributed by atoms with E-state index in [1.54, 1.807) is 18.2 Å². The number of fused-ring (bicyclic) bond motifs is 1. The number of carbonyl (C=O) groups is 1. The Morgan fingerprint density at radius 3 is 2.73 bits per heavy atom. The molecule has 5 nitrogen and oxygen atoms in total. The van der Waals surface area contributed by atoms with Crippen molar-refractivity contribution in [3.8, 4) is 0 Å². The maximum Gasteiger partial charge on any atom is 0.260 e. The van der Waals surface area contributed by atoms with Gasteiger partial charge in [0, 0.05) is 12.0 Å². The fourth-order valence-corrected chi connectivity index (χ4v) is 4.25. The monoisotopic (exact) mass is 366 g/mol.